The molecule has 1 aromatic carbocycles. The predicted octanol–water partition coefficient (Wildman–Crippen LogP) is 3.96. The maximum Gasteiger partial charge on any atom is 0.416 e. The Kier molecular flexibility index (Phi) is 5.31. The normalized spacial score (nSPS) is 13.0. The molecule has 24 heavy (non-hydrogen) atoms. The van der Waals surface area contributed by atoms with Crippen LogP contribution in [0.5, 0.6) is 0 Å². The molecule has 0 aliphatic carbocycles. The summed E-state index contributed by atoms with van der Waals surface area (Å²) in [6.07, 6.45) is -2.24. The summed E-state index contributed by atoms with van der Waals surface area (Å²) >= 11 is 0. The predicted molar refractivity (Wildman–Crippen MR) is 88.4 cm³/mol. The highest BCUT2D eigenvalue weighted by molar-refractivity contribution is 5.48. The summed E-state index contributed by atoms with van der Waals surface area (Å²) in [5.41, 5.74) is 13.5. The van der Waals surface area contributed by atoms with Gasteiger partial charge in [0.25, 0.3) is 0 Å². The maximum atomic E-state index is 12.6. The van der Waals surface area contributed by atoms with Gasteiger partial charge in [-0.25, -0.2) is 4.98 Å². The molecule has 0 aliphatic heterocycles. The van der Waals surface area contributed by atoms with Crippen LogP contribution in [0.2, 0.25) is 0 Å². The second-order valence-corrected chi connectivity index (χ2v) is 5.82. The SMILES string of the molecule is CCc1nc(N)nc(N)c1C(C)CCc1ccc(C(F)(F)F)cc1. The van der Waals surface area contributed by atoms with Crippen LogP contribution in [0, 0.1) is 0 Å². The van der Waals surface area contributed by atoms with Gasteiger partial charge in [-0.2, -0.15) is 18.2 Å². The van der Waals surface area contributed by atoms with Crippen molar-refractivity contribution < 1.29 is 13.2 Å². The van der Waals surface area contributed by atoms with Crippen molar-refractivity contribution >= 4 is 11.8 Å². The number of hydrogen-bond donors (Lipinski definition) is 2. The Bertz CT molecular complexity index is 696. The number of rotatable bonds is 5. The van der Waals surface area contributed by atoms with Crippen LogP contribution in [0.3, 0.4) is 0 Å². The van der Waals surface area contributed by atoms with Crippen molar-refractivity contribution in [3.8, 4) is 0 Å². The Morgan fingerprint density at radius 2 is 1.71 bits per heavy atom. The van der Waals surface area contributed by atoms with Crippen molar-refractivity contribution in [3.05, 3.63) is 46.6 Å². The van der Waals surface area contributed by atoms with Gasteiger partial charge < -0.3 is 11.5 Å². The molecule has 0 saturated heterocycles. The van der Waals surface area contributed by atoms with Gasteiger partial charge in [-0.15, -0.1) is 0 Å². The van der Waals surface area contributed by atoms with E-state index < -0.39 is 11.7 Å². The molecular weight excluding hydrogens is 317 g/mol. The van der Waals surface area contributed by atoms with Gasteiger partial charge in [0, 0.05) is 5.56 Å². The number of halogens is 3. The van der Waals surface area contributed by atoms with Crippen LogP contribution < -0.4 is 11.5 Å². The average molecular weight is 338 g/mol. The summed E-state index contributed by atoms with van der Waals surface area (Å²) in [6.45, 7) is 3.97. The van der Waals surface area contributed by atoms with Gasteiger partial charge in [0.05, 0.1) is 11.3 Å². The quantitative estimate of drug-likeness (QED) is 0.865. The highest BCUT2D eigenvalue weighted by Crippen LogP contribution is 2.31. The Hall–Kier alpha value is -2.31. The fourth-order valence-corrected chi connectivity index (χ4v) is 2.75. The van der Waals surface area contributed by atoms with Crippen LogP contribution in [0.4, 0.5) is 24.9 Å². The summed E-state index contributed by atoms with van der Waals surface area (Å²) in [7, 11) is 0. The van der Waals surface area contributed by atoms with Gasteiger partial charge in [-0.05, 0) is 42.9 Å². The third-order valence-corrected chi connectivity index (χ3v) is 4.05. The summed E-state index contributed by atoms with van der Waals surface area (Å²) in [5, 5.41) is 0. The van der Waals surface area contributed by atoms with E-state index in [1.165, 1.54) is 12.1 Å². The van der Waals surface area contributed by atoms with E-state index in [1.54, 1.807) is 0 Å². The van der Waals surface area contributed by atoms with E-state index >= 15 is 0 Å². The first-order chi connectivity index (χ1) is 11.2. The van der Waals surface area contributed by atoms with Gasteiger partial charge in [0.15, 0.2) is 0 Å². The zero-order valence-electron chi connectivity index (χ0n) is 13.7. The average Bonchev–Trinajstić information content (AvgIpc) is 2.51. The standard InChI is InChI=1S/C17H21F3N4/c1-3-13-14(15(21)24-16(22)23-13)10(2)4-5-11-6-8-12(9-7-11)17(18,19)20/h6-10H,3-5H2,1-2H3,(H4,21,22,23,24). The van der Waals surface area contributed by atoms with Crippen LogP contribution >= 0.6 is 0 Å². The zero-order valence-corrected chi connectivity index (χ0v) is 13.7. The molecule has 4 N–H and O–H groups in total. The van der Waals surface area contributed by atoms with Crippen LogP contribution in [0.25, 0.3) is 0 Å². The van der Waals surface area contributed by atoms with Crippen LogP contribution in [0.15, 0.2) is 24.3 Å². The first-order valence-electron chi connectivity index (χ1n) is 7.80. The monoisotopic (exact) mass is 338 g/mol. The Morgan fingerprint density at radius 1 is 1.08 bits per heavy atom. The van der Waals surface area contributed by atoms with Gasteiger partial charge >= 0.3 is 6.18 Å². The third kappa shape index (κ3) is 4.15. The lowest BCUT2D eigenvalue weighted by atomic mass is 9.92. The summed E-state index contributed by atoms with van der Waals surface area (Å²) in [6, 6.07) is 5.24. The molecule has 0 saturated carbocycles. The molecule has 0 amide bonds. The molecule has 1 atom stereocenters. The van der Waals surface area contributed by atoms with Gasteiger partial charge in [-0.3, -0.25) is 0 Å². The molecule has 1 unspecified atom stereocenters. The molecule has 1 heterocycles. The maximum absolute atomic E-state index is 12.6. The van der Waals surface area contributed by atoms with Gasteiger partial charge in [0.1, 0.15) is 5.82 Å². The first kappa shape index (κ1) is 18.0. The van der Waals surface area contributed by atoms with Gasteiger partial charge in [-0.1, -0.05) is 26.0 Å². The van der Waals surface area contributed by atoms with E-state index in [-0.39, 0.29) is 11.9 Å². The Balaban J connectivity index is 2.10. The molecule has 2 aromatic rings. The van der Waals surface area contributed by atoms with E-state index in [4.69, 9.17) is 11.5 Å². The molecule has 0 bridgehead atoms. The molecule has 0 radical (unpaired) electrons. The summed E-state index contributed by atoms with van der Waals surface area (Å²) < 4.78 is 37.7. The van der Waals surface area contributed by atoms with Crippen LogP contribution in [-0.4, -0.2) is 9.97 Å². The van der Waals surface area contributed by atoms with Crippen LogP contribution in [-0.2, 0) is 19.0 Å². The molecule has 130 valence electrons. The van der Waals surface area contributed by atoms with Crippen molar-refractivity contribution in [2.45, 2.75) is 45.2 Å². The number of alkyl halides is 3. The number of benzene rings is 1. The highest BCUT2D eigenvalue weighted by Gasteiger charge is 2.29. The van der Waals surface area contributed by atoms with E-state index in [0.717, 1.165) is 35.4 Å². The minimum atomic E-state index is -4.31. The van der Waals surface area contributed by atoms with Crippen molar-refractivity contribution in [2.75, 3.05) is 11.5 Å². The van der Waals surface area contributed by atoms with E-state index in [1.807, 2.05) is 13.8 Å². The Morgan fingerprint density at radius 3 is 2.25 bits per heavy atom. The van der Waals surface area contributed by atoms with Crippen molar-refractivity contribution in [1.82, 2.24) is 9.97 Å². The number of nitrogen functional groups attached to an aromatic ring is 2. The zero-order chi connectivity index (χ0) is 17.9. The molecular formula is C17H21F3N4. The largest absolute Gasteiger partial charge is 0.416 e. The van der Waals surface area contributed by atoms with Gasteiger partial charge in [0.2, 0.25) is 5.95 Å². The highest BCUT2D eigenvalue weighted by atomic mass is 19.4. The number of nitrogens with two attached hydrogens (primary N) is 2. The number of aromatic nitrogens is 2. The number of anilines is 2. The lowest BCUT2D eigenvalue weighted by Gasteiger charge is -2.17. The van der Waals surface area contributed by atoms with Crippen molar-refractivity contribution in [1.29, 1.82) is 0 Å². The van der Waals surface area contributed by atoms with E-state index in [2.05, 4.69) is 9.97 Å². The lowest BCUT2D eigenvalue weighted by Crippen LogP contribution is -2.11. The topological polar surface area (TPSA) is 77.8 Å². The fraction of sp³-hybridized carbons (Fsp3) is 0.412. The summed E-state index contributed by atoms with van der Waals surface area (Å²) in [4.78, 5) is 8.25. The number of nitrogens with zero attached hydrogens (tertiary/aromatic N) is 2. The minimum Gasteiger partial charge on any atom is -0.383 e. The minimum absolute atomic E-state index is 0.0860. The van der Waals surface area contributed by atoms with Crippen LogP contribution in [0.1, 0.15) is 48.6 Å². The molecule has 4 nitrogen and oxygen atoms in total. The second-order valence-electron chi connectivity index (χ2n) is 5.82. The molecule has 7 heteroatoms. The van der Waals surface area contributed by atoms with Crippen molar-refractivity contribution in [2.24, 2.45) is 0 Å². The van der Waals surface area contributed by atoms with E-state index in [0.29, 0.717) is 18.7 Å². The molecule has 0 spiro atoms. The Labute approximate surface area is 139 Å². The number of aryl methyl sites for hydroxylation is 2. The van der Waals surface area contributed by atoms with E-state index in [9.17, 15) is 13.2 Å². The summed E-state index contributed by atoms with van der Waals surface area (Å²) in [5.74, 6) is 0.616. The molecule has 1 aromatic heterocycles. The molecule has 0 aliphatic rings. The smallest absolute Gasteiger partial charge is 0.383 e. The first-order valence-corrected chi connectivity index (χ1v) is 7.80. The number of hydrogen-bond acceptors (Lipinski definition) is 4. The fourth-order valence-electron chi connectivity index (χ4n) is 2.75. The molecule has 2 rings (SSSR count). The lowest BCUT2D eigenvalue weighted by molar-refractivity contribution is -0.137. The molecule has 0 fully saturated rings. The van der Waals surface area contributed by atoms with Crippen molar-refractivity contribution in [3.63, 3.8) is 0 Å². The second kappa shape index (κ2) is 7.07. The third-order valence-electron chi connectivity index (χ3n) is 4.05.